The zero-order chi connectivity index (χ0) is 21.1. The minimum absolute atomic E-state index is 0.167. The lowest BCUT2D eigenvalue weighted by atomic mass is 10.0. The minimum Gasteiger partial charge on any atom is -0.493 e. The molecule has 1 aromatic heterocycles. The van der Waals surface area contributed by atoms with Gasteiger partial charge in [-0.15, -0.1) is 0 Å². The molecule has 0 saturated carbocycles. The molecule has 0 aliphatic rings. The van der Waals surface area contributed by atoms with Gasteiger partial charge in [0.1, 0.15) is 30.0 Å². The van der Waals surface area contributed by atoms with E-state index in [1.807, 2.05) is 0 Å². The largest absolute Gasteiger partial charge is 0.493 e. The zero-order valence-electron chi connectivity index (χ0n) is 16.5. The molecule has 3 aromatic carbocycles. The summed E-state index contributed by atoms with van der Waals surface area (Å²) in [6.45, 7) is 0.206. The number of hydrogen-bond donors (Lipinski definition) is 0. The van der Waals surface area contributed by atoms with Crippen molar-refractivity contribution in [2.24, 2.45) is 0 Å². The van der Waals surface area contributed by atoms with Crippen molar-refractivity contribution in [2.75, 3.05) is 14.2 Å². The Kier molecular flexibility index (Phi) is 5.39. The Morgan fingerprint density at radius 2 is 1.77 bits per heavy atom. The van der Waals surface area contributed by atoms with E-state index in [0.717, 1.165) is 0 Å². The molecule has 4 aromatic rings. The molecule has 1 heterocycles. The van der Waals surface area contributed by atoms with Crippen LogP contribution in [0.15, 0.2) is 76.1 Å². The molecule has 6 heteroatoms. The number of halogens is 1. The summed E-state index contributed by atoms with van der Waals surface area (Å²) in [5, 5.41) is 0.431. The van der Waals surface area contributed by atoms with E-state index in [4.69, 9.17) is 18.6 Å². The average molecular weight is 406 g/mol. The summed E-state index contributed by atoms with van der Waals surface area (Å²) in [5.74, 6) is 1.30. The fourth-order valence-corrected chi connectivity index (χ4v) is 3.19. The summed E-state index contributed by atoms with van der Waals surface area (Å²) in [5.41, 5.74) is 2.02. The number of benzene rings is 3. The second kappa shape index (κ2) is 8.29. The molecule has 0 saturated heterocycles. The molecular weight excluding hydrogens is 387 g/mol. The van der Waals surface area contributed by atoms with Crippen molar-refractivity contribution in [3.05, 3.63) is 88.5 Å². The molecule has 152 valence electrons. The fraction of sp³-hybridized carbons (Fsp3) is 0.125. The van der Waals surface area contributed by atoms with Crippen molar-refractivity contribution in [1.29, 1.82) is 0 Å². The summed E-state index contributed by atoms with van der Waals surface area (Å²) in [7, 11) is 3.09. The Hall–Kier alpha value is -3.80. The fourth-order valence-electron chi connectivity index (χ4n) is 3.19. The van der Waals surface area contributed by atoms with Crippen LogP contribution in [0.2, 0.25) is 0 Å². The molecule has 0 atom stereocenters. The Morgan fingerprint density at radius 1 is 0.933 bits per heavy atom. The summed E-state index contributed by atoms with van der Waals surface area (Å²) in [4.78, 5) is 13.0. The van der Waals surface area contributed by atoms with Crippen LogP contribution in [0.3, 0.4) is 0 Å². The highest BCUT2D eigenvalue weighted by molar-refractivity contribution is 5.83. The van der Waals surface area contributed by atoms with E-state index in [0.29, 0.717) is 44.9 Å². The molecule has 0 aliphatic heterocycles. The Bertz CT molecular complexity index is 1260. The van der Waals surface area contributed by atoms with Gasteiger partial charge in [0.05, 0.1) is 25.2 Å². The van der Waals surface area contributed by atoms with Crippen molar-refractivity contribution < 1.29 is 23.0 Å². The number of ether oxygens (including phenoxy) is 3. The van der Waals surface area contributed by atoms with Crippen LogP contribution < -0.4 is 19.6 Å². The average Bonchev–Trinajstić information content (AvgIpc) is 2.77. The Labute approximate surface area is 172 Å². The van der Waals surface area contributed by atoms with Crippen molar-refractivity contribution >= 4 is 11.0 Å². The lowest BCUT2D eigenvalue weighted by molar-refractivity contribution is 0.305. The first-order valence-corrected chi connectivity index (χ1v) is 9.24. The SMILES string of the molecule is COc1ccc(-c2coc3cc(OCc4cccc(F)c4)ccc3c2=O)cc1OC. The van der Waals surface area contributed by atoms with E-state index in [1.54, 1.807) is 55.6 Å². The van der Waals surface area contributed by atoms with Gasteiger partial charge in [-0.2, -0.15) is 0 Å². The molecule has 0 bridgehead atoms. The van der Waals surface area contributed by atoms with Gasteiger partial charge in [-0.3, -0.25) is 4.79 Å². The smallest absolute Gasteiger partial charge is 0.200 e. The molecule has 0 aliphatic carbocycles. The Morgan fingerprint density at radius 3 is 2.53 bits per heavy atom. The maximum atomic E-state index is 13.3. The summed E-state index contributed by atoms with van der Waals surface area (Å²) in [6, 6.07) is 16.4. The zero-order valence-corrected chi connectivity index (χ0v) is 16.5. The van der Waals surface area contributed by atoms with Crippen LogP contribution in [-0.4, -0.2) is 14.2 Å². The third-order valence-electron chi connectivity index (χ3n) is 4.74. The molecule has 4 rings (SSSR count). The lowest BCUT2D eigenvalue weighted by Gasteiger charge is -2.10. The van der Waals surface area contributed by atoms with Crippen LogP contribution in [0.4, 0.5) is 4.39 Å². The second-order valence-corrected chi connectivity index (χ2v) is 6.62. The van der Waals surface area contributed by atoms with Crippen LogP contribution in [0.1, 0.15) is 5.56 Å². The van der Waals surface area contributed by atoms with Crippen LogP contribution >= 0.6 is 0 Å². The van der Waals surface area contributed by atoms with E-state index in [9.17, 15) is 9.18 Å². The summed E-state index contributed by atoms with van der Waals surface area (Å²) < 4.78 is 35.3. The van der Waals surface area contributed by atoms with Crippen molar-refractivity contribution in [3.63, 3.8) is 0 Å². The monoisotopic (exact) mass is 406 g/mol. The molecule has 5 nitrogen and oxygen atoms in total. The highest BCUT2D eigenvalue weighted by atomic mass is 19.1. The van der Waals surface area contributed by atoms with Gasteiger partial charge in [-0.25, -0.2) is 4.39 Å². The minimum atomic E-state index is -0.316. The first-order chi connectivity index (χ1) is 14.6. The molecule has 0 spiro atoms. The number of rotatable bonds is 6. The first kappa shape index (κ1) is 19.5. The highest BCUT2D eigenvalue weighted by Crippen LogP contribution is 2.32. The maximum absolute atomic E-state index is 13.3. The first-order valence-electron chi connectivity index (χ1n) is 9.24. The lowest BCUT2D eigenvalue weighted by Crippen LogP contribution is -2.05. The summed E-state index contributed by atoms with van der Waals surface area (Å²) in [6.07, 6.45) is 1.42. The molecule has 0 radical (unpaired) electrons. The van der Waals surface area contributed by atoms with Gasteiger partial charge in [0.25, 0.3) is 0 Å². The standard InChI is InChI=1S/C24H19FO5/c1-27-21-9-6-16(11-23(21)28-2)20-14-30-22-12-18(7-8-19(22)24(20)26)29-13-15-4-3-5-17(25)10-15/h3-12,14H,13H2,1-2H3. The van der Waals surface area contributed by atoms with E-state index in [-0.39, 0.29) is 17.9 Å². The van der Waals surface area contributed by atoms with Crippen molar-refractivity contribution in [1.82, 2.24) is 0 Å². The molecule has 30 heavy (non-hydrogen) atoms. The number of fused-ring (bicyclic) bond motifs is 1. The van der Waals surface area contributed by atoms with E-state index in [2.05, 4.69) is 0 Å². The normalized spacial score (nSPS) is 10.8. The third-order valence-corrected chi connectivity index (χ3v) is 4.74. The van der Waals surface area contributed by atoms with Crippen LogP contribution in [0.25, 0.3) is 22.1 Å². The van der Waals surface area contributed by atoms with Gasteiger partial charge >= 0.3 is 0 Å². The van der Waals surface area contributed by atoms with Crippen LogP contribution in [-0.2, 0) is 6.61 Å². The van der Waals surface area contributed by atoms with Crippen molar-refractivity contribution in [3.8, 4) is 28.4 Å². The van der Waals surface area contributed by atoms with Gasteiger partial charge in [0.2, 0.25) is 0 Å². The molecule has 0 unspecified atom stereocenters. The number of methoxy groups -OCH3 is 2. The van der Waals surface area contributed by atoms with E-state index < -0.39 is 0 Å². The predicted molar refractivity (Wildman–Crippen MR) is 112 cm³/mol. The van der Waals surface area contributed by atoms with Crippen molar-refractivity contribution in [2.45, 2.75) is 6.61 Å². The van der Waals surface area contributed by atoms with E-state index in [1.165, 1.54) is 25.5 Å². The highest BCUT2D eigenvalue weighted by Gasteiger charge is 2.13. The van der Waals surface area contributed by atoms with Gasteiger partial charge in [-0.05, 0) is 47.5 Å². The number of hydrogen-bond acceptors (Lipinski definition) is 5. The Balaban J connectivity index is 1.64. The summed E-state index contributed by atoms with van der Waals surface area (Å²) >= 11 is 0. The van der Waals surface area contributed by atoms with Gasteiger partial charge in [-0.1, -0.05) is 18.2 Å². The van der Waals surface area contributed by atoms with Gasteiger partial charge < -0.3 is 18.6 Å². The predicted octanol–water partition coefficient (Wildman–Crippen LogP) is 5.20. The van der Waals surface area contributed by atoms with Crippen LogP contribution in [0.5, 0.6) is 17.2 Å². The quantitative estimate of drug-likeness (QED) is 0.441. The van der Waals surface area contributed by atoms with E-state index >= 15 is 0 Å². The topological polar surface area (TPSA) is 57.9 Å². The molecular formula is C24H19FO5. The third kappa shape index (κ3) is 3.85. The van der Waals surface area contributed by atoms with Crippen LogP contribution in [0, 0.1) is 5.82 Å². The maximum Gasteiger partial charge on any atom is 0.200 e. The molecule has 0 amide bonds. The molecule has 0 fully saturated rings. The van der Waals surface area contributed by atoms with Gasteiger partial charge in [0, 0.05) is 6.07 Å². The second-order valence-electron chi connectivity index (χ2n) is 6.62. The van der Waals surface area contributed by atoms with Gasteiger partial charge in [0.15, 0.2) is 16.9 Å². The molecule has 0 N–H and O–H groups in total.